The largest absolute Gasteiger partial charge is 0.389 e. The van der Waals surface area contributed by atoms with Crippen molar-refractivity contribution in [2.24, 2.45) is 0 Å². The summed E-state index contributed by atoms with van der Waals surface area (Å²) in [5.74, 6) is 0.837. The minimum absolute atomic E-state index is 0.00734. The summed E-state index contributed by atoms with van der Waals surface area (Å²) in [5, 5.41) is 10.9. The lowest BCUT2D eigenvalue weighted by Crippen LogP contribution is -2.52. The molecule has 146 valence electrons. The average molecular weight is 372 g/mol. The zero-order valence-electron chi connectivity index (χ0n) is 16.0. The lowest BCUT2D eigenvalue weighted by Gasteiger charge is -2.36. The zero-order valence-corrected chi connectivity index (χ0v) is 16.0. The predicted octanol–water partition coefficient (Wildman–Crippen LogP) is 1.03. The monoisotopic (exact) mass is 372 g/mol. The molecule has 1 saturated carbocycles. The molecule has 3 atom stereocenters. The minimum Gasteiger partial charge on any atom is -0.389 e. The van der Waals surface area contributed by atoms with E-state index < -0.39 is 6.10 Å². The number of fused-ring (bicyclic) bond motifs is 1. The van der Waals surface area contributed by atoms with E-state index in [0.717, 1.165) is 56.0 Å². The number of nitrogens with zero attached hydrogens (tertiary/aromatic N) is 4. The first-order valence-corrected chi connectivity index (χ1v) is 9.73. The molecule has 0 bridgehead atoms. The molecule has 1 aromatic carbocycles. The number of para-hydroxylation sites is 2. The number of carbonyl (C=O) groups excluding carboxylic acids is 1. The SMILES string of the molecule is Cc1nc2ccccc2n1CC(=O)N(C)[C@@H]1CC[C@@H](N2CCOCC2)[C@@H]1O. The number of morpholine rings is 1. The number of carbonyl (C=O) groups is 1. The van der Waals surface area contributed by atoms with Gasteiger partial charge in [0.05, 0.1) is 36.4 Å². The van der Waals surface area contributed by atoms with Crippen LogP contribution in [-0.4, -0.2) is 81.9 Å². The van der Waals surface area contributed by atoms with E-state index in [4.69, 9.17) is 4.74 Å². The third-order valence-corrected chi connectivity index (χ3v) is 6.09. The highest BCUT2D eigenvalue weighted by Crippen LogP contribution is 2.29. The topological polar surface area (TPSA) is 70.8 Å². The second-order valence-electron chi connectivity index (χ2n) is 7.59. The Morgan fingerprint density at radius 2 is 2.04 bits per heavy atom. The number of aromatic nitrogens is 2. The molecule has 1 amide bonds. The molecule has 2 heterocycles. The Morgan fingerprint density at radius 1 is 1.30 bits per heavy atom. The van der Waals surface area contributed by atoms with Crippen molar-refractivity contribution in [1.82, 2.24) is 19.4 Å². The zero-order chi connectivity index (χ0) is 19.0. The number of likely N-dealkylation sites (N-methyl/N-ethyl adjacent to an activating group) is 1. The van der Waals surface area contributed by atoms with E-state index in [1.165, 1.54) is 0 Å². The van der Waals surface area contributed by atoms with Gasteiger partial charge >= 0.3 is 0 Å². The van der Waals surface area contributed by atoms with Gasteiger partial charge in [-0.25, -0.2) is 4.98 Å². The Labute approximate surface area is 159 Å². The Kier molecular flexibility index (Phi) is 5.16. The molecule has 1 aliphatic heterocycles. The van der Waals surface area contributed by atoms with Gasteiger partial charge < -0.3 is 19.3 Å². The summed E-state index contributed by atoms with van der Waals surface area (Å²) in [6, 6.07) is 7.84. The van der Waals surface area contributed by atoms with Crippen LogP contribution in [0.4, 0.5) is 0 Å². The summed E-state index contributed by atoms with van der Waals surface area (Å²) in [6.07, 6.45) is 1.23. The van der Waals surface area contributed by atoms with Crippen LogP contribution in [0.1, 0.15) is 18.7 Å². The fraction of sp³-hybridized carbons (Fsp3) is 0.600. The minimum atomic E-state index is -0.516. The van der Waals surface area contributed by atoms with Crippen LogP contribution in [0, 0.1) is 6.92 Å². The van der Waals surface area contributed by atoms with Crippen LogP contribution in [0.15, 0.2) is 24.3 Å². The van der Waals surface area contributed by atoms with Gasteiger partial charge in [-0.05, 0) is 31.9 Å². The Hall–Kier alpha value is -1.96. The van der Waals surface area contributed by atoms with E-state index in [1.807, 2.05) is 42.8 Å². The van der Waals surface area contributed by atoms with Gasteiger partial charge in [0.1, 0.15) is 12.4 Å². The van der Waals surface area contributed by atoms with Gasteiger partial charge in [-0.1, -0.05) is 12.1 Å². The van der Waals surface area contributed by atoms with Crippen molar-refractivity contribution in [1.29, 1.82) is 0 Å². The summed E-state index contributed by atoms with van der Waals surface area (Å²) in [5.41, 5.74) is 1.87. The molecule has 7 heteroatoms. The summed E-state index contributed by atoms with van der Waals surface area (Å²) < 4.78 is 7.37. The van der Waals surface area contributed by atoms with Crippen molar-refractivity contribution >= 4 is 16.9 Å². The molecule has 0 unspecified atom stereocenters. The van der Waals surface area contributed by atoms with E-state index in [1.54, 1.807) is 4.90 Å². The first-order chi connectivity index (χ1) is 13.1. The quantitative estimate of drug-likeness (QED) is 0.868. The van der Waals surface area contributed by atoms with E-state index in [-0.39, 0.29) is 24.5 Å². The summed E-state index contributed by atoms with van der Waals surface area (Å²) in [6.45, 7) is 5.31. The molecule has 2 aromatic rings. The van der Waals surface area contributed by atoms with Gasteiger partial charge in [-0.3, -0.25) is 9.69 Å². The van der Waals surface area contributed by atoms with Crippen molar-refractivity contribution in [3.8, 4) is 0 Å². The number of amides is 1. The van der Waals surface area contributed by atoms with Crippen LogP contribution in [-0.2, 0) is 16.1 Å². The molecule has 0 spiro atoms. The number of hydrogen-bond acceptors (Lipinski definition) is 5. The standard InChI is InChI=1S/C20H28N4O3/c1-14-21-15-5-3-4-6-16(15)24(14)13-19(25)22(2)17-7-8-18(20(17)26)23-9-11-27-12-10-23/h3-6,17-18,20,26H,7-13H2,1-2H3/t17-,18-,20-/m1/s1. The van der Waals surface area contributed by atoms with Crippen molar-refractivity contribution in [2.75, 3.05) is 33.4 Å². The lowest BCUT2D eigenvalue weighted by atomic mass is 10.1. The van der Waals surface area contributed by atoms with E-state index >= 15 is 0 Å². The molecule has 1 saturated heterocycles. The van der Waals surface area contributed by atoms with Gasteiger partial charge in [0.25, 0.3) is 0 Å². The van der Waals surface area contributed by atoms with Crippen LogP contribution >= 0.6 is 0 Å². The number of benzene rings is 1. The van der Waals surface area contributed by atoms with Crippen molar-refractivity contribution in [3.63, 3.8) is 0 Å². The molecular formula is C20H28N4O3. The van der Waals surface area contributed by atoms with Crippen LogP contribution in [0.2, 0.25) is 0 Å². The van der Waals surface area contributed by atoms with Crippen LogP contribution in [0.25, 0.3) is 11.0 Å². The second-order valence-corrected chi connectivity index (χ2v) is 7.59. The van der Waals surface area contributed by atoms with Crippen molar-refractivity contribution < 1.29 is 14.6 Å². The number of aryl methyl sites for hydroxylation is 1. The number of rotatable bonds is 4. The molecule has 1 aliphatic carbocycles. The maximum absolute atomic E-state index is 13.0. The van der Waals surface area contributed by atoms with E-state index in [0.29, 0.717) is 0 Å². The molecule has 2 aliphatic rings. The third-order valence-electron chi connectivity index (χ3n) is 6.09. The lowest BCUT2D eigenvalue weighted by molar-refractivity contribution is -0.135. The molecule has 0 radical (unpaired) electrons. The first kappa shape index (κ1) is 18.4. The third kappa shape index (κ3) is 3.47. The van der Waals surface area contributed by atoms with Gasteiger partial charge in [0, 0.05) is 26.2 Å². The van der Waals surface area contributed by atoms with Crippen LogP contribution < -0.4 is 0 Å². The fourth-order valence-electron chi connectivity index (χ4n) is 4.50. The summed E-state index contributed by atoms with van der Waals surface area (Å²) in [7, 11) is 1.81. The Morgan fingerprint density at radius 3 is 2.81 bits per heavy atom. The summed E-state index contributed by atoms with van der Waals surface area (Å²) >= 11 is 0. The number of imidazole rings is 1. The number of hydrogen-bond donors (Lipinski definition) is 1. The fourth-order valence-corrected chi connectivity index (χ4v) is 4.50. The molecular weight excluding hydrogens is 344 g/mol. The Bertz CT molecular complexity index is 815. The van der Waals surface area contributed by atoms with Crippen molar-refractivity contribution in [2.45, 2.75) is 44.5 Å². The Balaban J connectivity index is 1.45. The van der Waals surface area contributed by atoms with Crippen LogP contribution in [0.3, 0.4) is 0 Å². The average Bonchev–Trinajstić information content (AvgIpc) is 3.22. The van der Waals surface area contributed by atoms with Gasteiger partial charge in [0.2, 0.25) is 5.91 Å². The van der Waals surface area contributed by atoms with E-state index in [2.05, 4.69) is 9.88 Å². The molecule has 2 fully saturated rings. The number of aliphatic hydroxyl groups excluding tert-OH is 1. The highest BCUT2D eigenvalue weighted by Gasteiger charge is 2.41. The normalized spacial score (nSPS) is 26.6. The maximum atomic E-state index is 13.0. The highest BCUT2D eigenvalue weighted by molar-refractivity contribution is 5.81. The van der Waals surface area contributed by atoms with Gasteiger partial charge in [-0.15, -0.1) is 0 Å². The van der Waals surface area contributed by atoms with Crippen LogP contribution in [0.5, 0.6) is 0 Å². The van der Waals surface area contributed by atoms with Gasteiger partial charge in [0.15, 0.2) is 0 Å². The number of aliphatic hydroxyl groups is 1. The summed E-state index contributed by atoms with van der Waals surface area (Å²) in [4.78, 5) is 21.5. The van der Waals surface area contributed by atoms with Gasteiger partial charge in [-0.2, -0.15) is 0 Å². The van der Waals surface area contributed by atoms with E-state index in [9.17, 15) is 9.90 Å². The molecule has 1 aromatic heterocycles. The first-order valence-electron chi connectivity index (χ1n) is 9.73. The molecule has 7 nitrogen and oxygen atoms in total. The van der Waals surface area contributed by atoms with Crippen molar-refractivity contribution in [3.05, 3.63) is 30.1 Å². The smallest absolute Gasteiger partial charge is 0.242 e. The second kappa shape index (κ2) is 7.58. The molecule has 1 N–H and O–H groups in total. The highest BCUT2D eigenvalue weighted by atomic mass is 16.5. The maximum Gasteiger partial charge on any atom is 0.242 e. The molecule has 27 heavy (non-hydrogen) atoms. The number of ether oxygens (including phenoxy) is 1. The molecule has 4 rings (SSSR count). The predicted molar refractivity (Wildman–Crippen MR) is 102 cm³/mol.